The van der Waals surface area contributed by atoms with Gasteiger partial charge in [-0.05, 0) is 55.8 Å². The van der Waals surface area contributed by atoms with Crippen molar-refractivity contribution in [3.05, 3.63) is 33.8 Å². The molecule has 2 nitrogen and oxygen atoms in total. The van der Waals surface area contributed by atoms with E-state index in [9.17, 15) is 5.11 Å². The predicted molar refractivity (Wildman–Crippen MR) is 79.0 cm³/mol. The van der Waals surface area contributed by atoms with Crippen molar-refractivity contribution in [3.8, 4) is 0 Å². The molecule has 2 heterocycles. The van der Waals surface area contributed by atoms with Crippen molar-refractivity contribution in [2.24, 2.45) is 0 Å². The number of nitrogens with zero attached hydrogens (tertiary/aromatic N) is 1. The molecule has 0 radical (unpaired) electrons. The Balaban J connectivity index is 1.84. The zero-order valence-electron chi connectivity index (χ0n) is 10.9. The Morgan fingerprint density at radius 3 is 2.79 bits per heavy atom. The Kier molecular flexibility index (Phi) is 4.04. The average molecular weight is 300 g/mol. The molecule has 2 aliphatic rings. The van der Waals surface area contributed by atoms with Crippen molar-refractivity contribution in [2.45, 2.75) is 43.7 Å². The Bertz CT molecular complexity index is 465. The van der Waals surface area contributed by atoms with Crippen LogP contribution in [-0.2, 0) is 0 Å². The smallest absolute Gasteiger partial charge is 0.0673 e. The van der Waals surface area contributed by atoms with Crippen molar-refractivity contribution in [3.63, 3.8) is 0 Å². The van der Waals surface area contributed by atoms with Crippen LogP contribution in [0.15, 0.2) is 18.2 Å². The van der Waals surface area contributed by atoms with Crippen LogP contribution >= 0.6 is 23.2 Å². The molecular weight excluding hydrogens is 281 g/mol. The number of hydrogen-bond acceptors (Lipinski definition) is 2. The van der Waals surface area contributed by atoms with Crippen molar-refractivity contribution >= 4 is 23.2 Å². The molecule has 2 saturated heterocycles. The first-order valence-corrected chi connectivity index (χ1v) is 7.76. The number of rotatable bonds is 1. The Morgan fingerprint density at radius 2 is 2.00 bits per heavy atom. The molecule has 0 saturated carbocycles. The molecule has 3 atom stereocenters. The van der Waals surface area contributed by atoms with E-state index >= 15 is 0 Å². The highest BCUT2D eigenvalue weighted by Gasteiger charge is 2.33. The maximum Gasteiger partial charge on any atom is 0.0673 e. The zero-order chi connectivity index (χ0) is 13.4. The molecule has 2 aliphatic heterocycles. The van der Waals surface area contributed by atoms with Gasteiger partial charge in [0.25, 0.3) is 0 Å². The van der Waals surface area contributed by atoms with E-state index in [1.54, 1.807) is 0 Å². The first-order valence-electron chi connectivity index (χ1n) is 7.00. The zero-order valence-corrected chi connectivity index (χ0v) is 12.4. The number of aliphatic hydroxyl groups is 1. The van der Waals surface area contributed by atoms with E-state index < -0.39 is 0 Å². The van der Waals surface area contributed by atoms with Gasteiger partial charge in [-0.2, -0.15) is 0 Å². The Morgan fingerprint density at radius 1 is 1.16 bits per heavy atom. The molecule has 3 rings (SSSR count). The van der Waals surface area contributed by atoms with Crippen LogP contribution in [0, 0.1) is 0 Å². The summed E-state index contributed by atoms with van der Waals surface area (Å²) in [5, 5.41) is 11.4. The summed E-state index contributed by atoms with van der Waals surface area (Å²) >= 11 is 12.1. The van der Waals surface area contributed by atoms with Gasteiger partial charge in [0.05, 0.1) is 16.1 Å². The van der Waals surface area contributed by atoms with Crippen molar-refractivity contribution in [1.29, 1.82) is 0 Å². The van der Waals surface area contributed by atoms with E-state index in [1.807, 2.05) is 12.1 Å². The third-order valence-electron chi connectivity index (χ3n) is 4.47. The minimum atomic E-state index is -0.234. The second-order valence-corrected chi connectivity index (χ2v) is 6.60. The Labute approximate surface area is 124 Å². The number of halogens is 2. The molecular formula is C15H19Cl2NO. The van der Waals surface area contributed by atoms with Gasteiger partial charge in [-0.25, -0.2) is 0 Å². The summed E-state index contributed by atoms with van der Waals surface area (Å²) in [5.41, 5.74) is 1.21. The van der Waals surface area contributed by atoms with Crippen molar-refractivity contribution in [1.82, 2.24) is 4.90 Å². The summed E-state index contributed by atoms with van der Waals surface area (Å²) in [4.78, 5) is 2.45. The molecule has 1 N–H and O–H groups in total. The molecule has 19 heavy (non-hydrogen) atoms. The molecule has 1 aromatic rings. The van der Waals surface area contributed by atoms with Crippen LogP contribution in [0.5, 0.6) is 0 Å². The van der Waals surface area contributed by atoms with Gasteiger partial charge in [-0.15, -0.1) is 0 Å². The molecule has 0 aromatic heterocycles. The lowest BCUT2D eigenvalue weighted by molar-refractivity contribution is 0.116. The van der Waals surface area contributed by atoms with Gasteiger partial charge in [0.15, 0.2) is 0 Å². The van der Waals surface area contributed by atoms with E-state index in [-0.39, 0.29) is 6.10 Å². The van der Waals surface area contributed by atoms with Gasteiger partial charge in [-0.1, -0.05) is 29.3 Å². The van der Waals surface area contributed by atoms with Gasteiger partial charge >= 0.3 is 0 Å². The minimum absolute atomic E-state index is 0.234. The topological polar surface area (TPSA) is 23.5 Å². The van der Waals surface area contributed by atoms with E-state index in [0.717, 1.165) is 25.9 Å². The third kappa shape index (κ3) is 2.92. The molecule has 0 aliphatic carbocycles. The molecule has 0 bridgehead atoms. The standard InChI is InChI=1S/C15H19Cl2NO/c16-14-4-3-10(8-15(14)17)11-6-12-2-1-5-18(12)9-13(19)7-11/h3-4,8,11-13,19H,1-2,5-7,9H2/t11-,12-,13?/m0/s1. The molecule has 2 fully saturated rings. The monoisotopic (exact) mass is 299 g/mol. The van der Waals surface area contributed by atoms with Gasteiger partial charge in [-0.3, -0.25) is 4.90 Å². The Hall–Kier alpha value is -0.280. The van der Waals surface area contributed by atoms with Crippen LogP contribution < -0.4 is 0 Å². The predicted octanol–water partition coefficient (Wildman–Crippen LogP) is 3.70. The summed E-state index contributed by atoms with van der Waals surface area (Å²) in [6, 6.07) is 6.50. The highest BCUT2D eigenvalue weighted by molar-refractivity contribution is 6.42. The van der Waals surface area contributed by atoms with Gasteiger partial charge < -0.3 is 5.11 Å². The maximum atomic E-state index is 10.2. The molecule has 4 heteroatoms. The SMILES string of the molecule is OC1C[C@@H](c2ccc(Cl)c(Cl)c2)C[C@@H]2CCCN2C1. The lowest BCUT2D eigenvalue weighted by atomic mass is 9.88. The van der Waals surface area contributed by atoms with E-state index in [0.29, 0.717) is 22.0 Å². The van der Waals surface area contributed by atoms with Gasteiger partial charge in [0, 0.05) is 12.6 Å². The second kappa shape index (κ2) is 5.61. The lowest BCUT2D eigenvalue weighted by Gasteiger charge is -2.23. The quantitative estimate of drug-likeness (QED) is 0.855. The van der Waals surface area contributed by atoms with Crippen LogP contribution in [0.2, 0.25) is 10.0 Å². The number of fused-ring (bicyclic) bond motifs is 1. The van der Waals surface area contributed by atoms with E-state index in [4.69, 9.17) is 23.2 Å². The molecule has 0 amide bonds. The average Bonchev–Trinajstić information content (AvgIpc) is 2.73. The number of benzene rings is 1. The van der Waals surface area contributed by atoms with Crippen LogP contribution in [-0.4, -0.2) is 35.2 Å². The third-order valence-corrected chi connectivity index (χ3v) is 5.21. The molecule has 1 unspecified atom stereocenters. The first-order chi connectivity index (χ1) is 9.13. The highest BCUT2D eigenvalue weighted by atomic mass is 35.5. The molecule has 0 spiro atoms. The fraction of sp³-hybridized carbons (Fsp3) is 0.600. The first kappa shape index (κ1) is 13.7. The van der Waals surface area contributed by atoms with Crippen molar-refractivity contribution in [2.75, 3.05) is 13.1 Å². The summed E-state index contributed by atoms with van der Waals surface area (Å²) < 4.78 is 0. The minimum Gasteiger partial charge on any atom is -0.392 e. The van der Waals surface area contributed by atoms with Crippen LogP contribution in [0.1, 0.15) is 37.2 Å². The fourth-order valence-corrected chi connectivity index (χ4v) is 3.85. The molecule has 104 valence electrons. The fourth-order valence-electron chi connectivity index (χ4n) is 3.54. The van der Waals surface area contributed by atoms with Crippen LogP contribution in [0.25, 0.3) is 0 Å². The highest BCUT2D eigenvalue weighted by Crippen LogP contribution is 2.37. The number of hydrogen-bond donors (Lipinski definition) is 1. The van der Waals surface area contributed by atoms with E-state index in [1.165, 1.54) is 18.4 Å². The summed E-state index contributed by atoms with van der Waals surface area (Å²) in [6.07, 6.45) is 4.22. The van der Waals surface area contributed by atoms with Crippen molar-refractivity contribution < 1.29 is 5.11 Å². The van der Waals surface area contributed by atoms with Crippen LogP contribution in [0.4, 0.5) is 0 Å². The normalized spacial score (nSPS) is 32.1. The van der Waals surface area contributed by atoms with Crippen LogP contribution in [0.3, 0.4) is 0 Å². The summed E-state index contributed by atoms with van der Waals surface area (Å²) in [6.45, 7) is 1.96. The number of aliphatic hydroxyl groups excluding tert-OH is 1. The summed E-state index contributed by atoms with van der Waals surface area (Å²) in [7, 11) is 0. The van der Waals surface area contributed by atoms with Gasteiger partial charge in [0.2, 0.25) is 0 Å². The lowest BCUT2D eigenvalue weighted by Crippen LogP contribution is -2.33. The van der Waals surface area contributed by atoms with Gasteiger partial charge in [0.1, 0.15) is 0 Å². The summed E-state index contributed by atoms with van der Waals surface area (Å²) in [5.74, 6) is 0.387. The largest absolute Gasteiger partial charge is 0.392 e. The second-order valence-electron chi connectivity index (χ2n) is 5.79. The maximum absolute atomic E-state index is 10.2. The molecule has 1 aromatic carbocycles. The van der Waals surface area contributed by atoms with E-state index in [2.05, 4.69) is 11.0 Å².